The third kappa shape index (κ3) is 5.12. The van der Waals surface area contributed by atoms with Crippen LogP contribution in [0.15, 0.2) is 220 Å². The van der Waals surface area contributed by atoms with Gasteiger partial charge in [0.05, 0.1) is 71.9 Å². The summed E-state index contributed by atoms with van der Waals surface area (Å²) >= 11 is 0. The summed E-state index contributed by atoms with van der Waals surface area (Å²) in [7, 11) is 0. The molecule has 0 bridgehead atoms. The SMILES string of the molecule is N#Cc1c(-c2ccncc2)c(-n2c3ccccc3c3ccc4oc5ccccc5c4c32)c(C#N)c(-n2c3ccccc3c3ccc4oc5ccccc5c4c32)c1-n1c2ccccc2c2ccc3oc4ccccc4c3c21. The van der Waals surface area contributed by atoms with Gasteiger partial charge in [-0.05, 0) is 90.5 Å². The number of para-hydroxylation sites is 6. The van der Waals surface area contributed by atoms with Gasteiger partial charge in [-0.1, -0.05) is 109 Å². The van der Waals surface area contributed by atoms with Crippen molar-refractivity contribution in [1.29, 1.82) is 10.5 Å². The van der Waals surface area contributed by atoms with Gasteiger partial charge in [-0.25, -0.2) is 0 Å². The molecule has 0 N–H and O–H groups in total. The largest absolute Gasteiger partial charge is 0.456 e. The smallest absolute Gasteiger partial charge is 0.137 e. The molecule has 17 aromatic rings. The molecular weight excluding hydrogens is 937 g/mol. The first-order chi connectivity index (χ1) is 37.7. The second-order valence-corrected chi connectivity index (χ2v) is 19.5. The van der Waals surface area contributed by atoms with Crippen LogP contribution in [0.25, 0.3) is 159 Å². The maximum Gasteiger partial charge on any atom is 0.137 e. The molecule has 17 rings (SSSR count). The van der Waals surface area contributed by atoms with Crippen LogP contribution in [0.2, 0.25) is 0 Å². The van der Waals surface area contributed by atoms with Gasteiger partial charge < -0.3 is 27.0 Å². The van der Waals surface area contributed by atoms with Gasteiger partial charge in [0, 0.05) is 66.4 Å². The quantitative estimate of drug-likeness (QED) is 0.173. The lowest BCUT2D eigenvalue weighted by Gasteiger charge is -2.26. The molecule has 0 atom stereocenters. The summed E-state index contributed by atoms with van der Waals surface area (Å²) in [5, 5.41) is 36.8. The second kappa shape index (κ2) is 14.9. The summed E-state index contributed by atoms with van der Waals surface area (Å²) in [5.41, 5.74) is 13.0. The first kappa shape index (κ1) is 40.7. The van der Waals surface area contributed by atoms with Gasteiger partial charge in [-0.15, -0.1) is 0 Å². The third-order valence-electron chi connectivity index (χ3n) is 15.8. The Morgan fingerprint density at radius 1 is 0.316 bits per heavy atom. The van der Waals surface area contributed by atoms with Crippen LogP contribution in [0.5, 0.6) is 0 Å². The van der Waals surface area contributed by atoms with Crippen molar-refractivity contribution in [3.8, 4) is 40.3 Å². The average Bonchev–Trinajstić information content (AvgIpc) is 4.44. The Kier molecular flexibility index (Phi) is 7.96. The molecule has 0 aliphatic rings. The van der Waals surface area contributed by atoms with Crippen LogP contribution in [0.3, 0.4) is 0 Å². The molecule has 7 aromatic heterocycles. The normalized spacial score (nSPS) is 12.2. The van der Waals surface area contributed by atoms with E-state index in [0.717, 1.165) is 114 Å². The van der Waals surface area contributed by atoms with Crippen molar-refractivity contribution in [1.82, 2.24) is 18.7 Å². The zero-order valence-electron chi connectivity index (χ0n) is 40.0. The van der Waals surface area contributed by atoms with E-state index >= 15 is 0 Å². The van der Waals surface area contributed by atoms with Crippen molar-refractivity contribution in [3.05, 3.63) is 218 Å². The first-order valence-electron chi connectivity index (χ1n) is 25.1. The van der Waals surface area contributed by atoms with Gasteiger partial charge in [0.1, 0.15) is 51.2 Å². The summed E-state index contributed by atoms with van der Waals surface area (Å²) in [6, 6.07) is 71.5. The molecule has 7 heterocycles. The van der Waals surface area contributed by atoms with Gasteiger partial charge in [0.15, 0.2) is 0 Å². The minimum Gasteiger partial charge on any atom is -0.456 e. The Bertz CT molecular complexity index is 5510. The summed E-state index contributed by atoms with van der Waals surface area (Å²) in [5.74, 6) is 0. The van der Waals surface area contributed by atoms with Gasteiger partial charge in [-0.2, -0.15) is 10.5 Å². The van der Waals surface area contributed by atoms with Crippen molar-refractivity contribution >= 4 is 131 Å². The summed E-state index contributed by atoms with van der Waals surface area (Å²) < 4.78 is 26.8. The number of benzene rings is 10. The minimum atomic E-state index is 0.343. The molecule has 0 saturated heterocycles. The van der Waals surface area contributed by atoms with Crippen LogP contribution >= 0.6 is 0 Å². The molecule has 9 heteroatoms. The maximum absolute atomic E-state index is 12.8. The van der Waals surface area contributed by atoms with E-state index in [4.69, 9.17) is 13.3 Å². The fraction of sp³-hybridized carbons (Fsp3) is 0. The second-order valence-electron chi connectivity index (χ2n) is 19.5. The molecule has 9 nitrogen and oxygen atoms in total. The predicted molar refractivity (Wildman–Crippen MR) is 304 cm³/mol. The molecule has 0 spiro atoms. The van der Waals surface area contributed by atoms with E-state index in [1.807, 2.05) is 103 Å². The lowest BCUT2D eigenvalue weighted by atomic mass is 9.91. The molecular formula is C67H34N6O3. The van der Waals surface area contributed by atoms with E-state index in [1.54, 1.807) is 12.4 Å². The van der Waals surface area contributed by atoms with E-state index in [2.05, 4.69) is 122 Å². The summed E-state index contributed by atoms with van der Waals surface area (Å²) in [6.07, 6.45) is 3.51. The number of pyridine rings is 1. The van der Waals surface area contributed by atoms with Crippen LogP contribution in [0.4, 0.5) is 0 Å². The van der Waals surface area contributed by atoms with Crippen molar-refractivity contribution < 1.29 is 13.3 Å². The van der Waals surface area contributed by atoms with Gasteiger partial charge >= 0.3 is 0 Å². The van der Waals surface area contributed by atoms with Crippen LogP contribution in [-0.2, 0) is 0 Å². The van der Waals surface area contributed by atoms with E-state index in [0.29, 0.717) is 56.1 Å². The minimum absolute atomic E-state index is 0.343. The number of furan rings is 3. The number of aromatic nitrogens is 4. The predicted octanol–water partition coefficient (Wildman–Crippen LogP) is 17.5. The monoisotopic (exact) mass is 970 g/mol. The Labute approximate surface area is 429 Å². The van der Waals surface area contributed by atoms with Gasteiger partial charge in [0.2, 0.25) is 0 Å². The van der Waals surface area contributed by atoms with Crippen LogP contribution < -0.4 is 0 Å². The fourth-order valence-electron chi connectivity index (χ4n) is 12.9. The number of nitrogens with zero attached hydrogens (tertiary/aromatic N) is 6. The molecule has 0 aliphatic carbocycles. The Balaban J connectivity index is 1.21. The molecule has 0 saturated carbocycles. The topological polar surface area (TPSA) is 115 Å². The number of nitriles is 2. The molecule has 0 unspecified atom stereocenters. The number of hydrogen-bond acceptors (Lipinski definition) is 6. The lowest BCUT2D eigenvalue weighted by Crippen LogP contribution is -2.14. The van der Waals surface area contributed by atoms with Crippen molar-refractivity contribution in [2.75, 3.05) is 0 Å². The van der Waals surface area contributed by atoms with E-state index in [9.17, 15) is 10.5 Å². The van der Waals surface area contributed by atoms with Gasteiger partial charge in [-0.3, -0.25) is 4.98 Å². The Morgan fingerprint density at radius 2 is 0.658 bits per heavy atom. The van der Waals surface area contributed by atoms with Crippen LogP contribution in [0.1, 0.15) is 11.1 Å². The van der Waals surface area contributed by atoms with Crippen molar-refractivity contribution in [2.24, 2.45) is 0 Å². The molecule has 0 radical (unpaired) electrons. The average molecular weight is 971 g/mol. The first-order valence-corrected chi connectivity index (χ1v) is 25.1. The maximum atomic E-state index is 12.8. The van der Waals surface area contributed by atoms with E-state index in [-0.39, 0.29) is 0 Å². The summed E-state index contributed by atoms with van der Waals surface area (Å²) in [4.78, 5) is 4.52. The highest BCUT2D eigenvalue weighted by atomic mass is 16.3. The third-order valence-corrected chi connectivity index (χ3v) is 15.8. The molecule has 350 valence electrons. The summed E-state index contributed by atoms with van der Waals surface area (Å²) in [6.45, 7) is 0. The molecule has 0 fully saturated rings. The highest BCUT2D eigenvalue weighted by Gasteiger charge is 2.35. The molecule has 0 aliphatic heterocycles. The number of fused-ring (bicyclic) bond motifs is 21. The van der Waals surface area contributed by atoms with Gasteiger partial charge in [0.25, 0.3) is 0 Å². The van der Waals surface area contributed by atoms with E-state index < -0.39 is 0 Å². The zero-order chi connectivity index (χ0) is 49.9. The van der Waals surface area contributed by atoms with Crippen molar-refractivity contribution in [2.45, 2.75) is 0 Å². The number of hydrogen-bond donors (Lipinski definition) is 0. The molecule has 0 amide bonds. The zero-order valence-corrected chi connectivity index (χ0v) is 40.0. The highest BCUT2D eigenvalue weighted by Crippen LogP contribution is 2.52. The Morgan fingerprint density at radius 3 is 1.05 bits per heavy atom. The fourth-order valence-corrected chi connectivity index (χ4v) is 12.9. The molecule has 76 heavy (non-hydrogen) atoms. The number of rotatable bonds is 4. The van der Waals surface area contributed by atoms with Crippen LogP contribution in [-0.4, -0.2) is 18.7 Å². The van der Waals surface area contributed by atoms with E-state index in [1.165, 1.54) is 0 Å². The highest BCUT2D eigenvalue weighted by molar-refractivity contribution is 6.28. The van der Waals surface area contributed by atoms with Crippen molar-refractivity contribution in [3.63, 3.8) is 0 Å². The Hall–Kier alpha value is -10.9. The van der Waals surface area contributed by atoms with Crippen LogP contribution in [0, 0.1) is 22.7 Å². The molecule has 10 aromatic carbocycles. The standard InChI is InChI=1S/C67H34N6O3/c68-35-47-58(37-31-33-70-34-32-37)65(71-49-19-7-1-13-38(49)41-25-28-55-59(62(41)71)44-16-4-10-22-52(44)74-55)48(36-69)67(73-51-21-9-3-15-40(51)43-27-30-57-61(64(43)73)46-18-6-12-24-54(46)76-57)66(47)72-50-20-8-2-14-39(50)42-26-29-56-60(63(42)72)45-17-5-11-23-53(45)75-56/h1-34H. The lowest BCUT2D eigenvalue weighted by molar-refractivity contribution is 0.668.